The molecule has 1 amide bonds. The van der Waals surface area contributed by atoms with Crippen LogP contribution in [0.25, 0.3) is 21.7 Å². The highest BCUT2D eigenvalue weighted by atomic mass is 32.1. The van der Waals surface area contributed by atoms with E-state index < -0.39 is 0 Å². The number of aromatic nitrogens is 1. The van der Waals surface area contributed by atoms with Gasteiger partial charge in [-0.3, -0.25) is 4.79 Å². The lowest BCUT2D eigenvalue weighted by Crippen LogP contribution is -2.40. The molecule has 1 atom stereocenters. The largest absolute Gasteiger partial charge is 0.347 e. The van der Waals surface area contributed by atoms with Crippen LogP contribution >= 0.6 is 11.3 Å². The number of nitrogens with zero attached hydrogens (tertiary/aromatic N) is 2. The molecule has 0 saturated carbocycles. The maximum Gasteiger partial charge on any atom is 0.256 e. The van der Waals surface area contributed by atoms with E-state index in [0.29, 0.717) is 0 Å². The number of amides is 1. The molecule has 0 radical (unpaired) electrons. The first-order valence-electron chi connectivity index (χ1n) is 11.7. The molecule has 164 valence electrons. The standard InChI is InChI=1S/C29H26N2OS/c1-2-30-19-25(24-9-5-6-10-26(24)30)29(32)31-15-13-22-14-16-33-28(22)27(31)18-20-11-12-21-7-3-4-8-23(21)17-20/h3-12,14,16-17,19,27H,2,13,15,18H2,1H3. The van der Waals surface area contributed by atoms with Crippen molar-refractivity contribution < 1.29 is 4.79 Å². The average molecular weight is 451 g/mol. The van der Waals surface area contributed by atoms with E-state index in [1.807, 2.05) is 18.3 Å². The number of hydrogen-bond acceptors (Lipinski definition) is 2. The Morgan fingerprint density at radius 2 is 1.82 bits per heavy atom. The molecule has 5 aromatic rings. The molecular formula is C29H26N2OS. The summed E-state index contributed by atoms with van der Waals surface area (Å²) < 4.78 is 2.18. The van der Waals surface area contributed by atoms with Gasteiger partial charge in [-0.1, -0.05) is 60.7 Å². The minimum absolute atomic E-state index is 0.0613. The normalized spacial score (nSPS) is 15.8. The predicted octanol–water partition coefficient (Wildman–Crippen LogP) is 6.86. The average Bonchev–Trinajstić information content (AvgIpc) is 3.49. The molecule has 33 heavy (non-hydrogen) atoms. The van der Waals surface area contributed by atoms with Crippen LogP contribution in [0.1, 0.15) is 39.3 Å². The molecule has 0 fully saturated rings. The van der Waals surface area contributed by atoms with Crippen LogP contribution in [0.3, 0.4) is 0 Å². The van der Waals surface area contributed by atoms with E-state index in [9.17, 15) is 4.79 Å². The number of rotatable bonds is 4. The van der Waals surface area contributed by atoms with Gasteiger partial charge in [0.2, 0.25) is 0 Å². The monoisotopic (exact) mass is 450 g/mol. The van der Waals surface area contributed by atoms with Crippen LogP contribution in [-0.4, -0.2) is 21.9 Å². The van der Waals surface area contributed by atoms with Crippen molar-refractivity contribution in [1.29, 1.82) is 0 Å². The molecule has 0 aliphatic carbocycles. The van der Waals surface area contributed by atoms with E-state index in [-0.39, 0.29) is 11.9 Å². The van der Waals surface area contributed by atoms with Gasteiger partial charge >= 0.3 is 0 Å². The zero-order valence-electron chi connectivity index (χ0n) is 18.7. The molecule has 0 saturated heterocycles. The van der Waals surface area contributed by atoms with Gasteiger partial charge in [0.05, 0.1) is 11.6 Å². The molecule has 0 N–H and O–H groups in total. The lowest BCUT2D eigenvalue weighted by atomic mass is 9.94. The van der Waals surface area contributed by atoms with Crippen LogP contribution in [-0.2, 0) is 19.4 Å². The molecule has 0 spiro atoms. The van der Waals surface area contributed by atoms with E-state index in [2.05, 4.69) is 82.4 Å². The van der Waals surface area contributed by atoms with Gasteiger partial charge < -0.3 is 9.47 Å². The Morgan fingerprint density at radius 3 is 2.70 bits per heavy atom. The lowest BCUT2D eigenvalue weighted by Gasteiger charge is -2.36. The van der Waals surface area contributed by atoms with Gasteiger partial charge in [-0.25, -0.2) is 0 Å². The van der Waals surface area contributed by atoms with Crippen molar-refractivity contribution in [2.75, 3.05) is 6.54 Å². The lowest BCUT2D eigenvalue weighted by molar-refractivity contribution is 0.0666. The van der Waals surface area contributed by atoms with Crippen molar-refractivity contribution in [3.8, 4) is 0 Å². The fraction of sp³-hybridized carbons (Fsp3) is 0.207. The fourth-order valence-corrected chi connectivity index (χ4v) is 6.32. The fourth-order valence-electron chi connectivity index (χ4n) is 5.25. The van der Waals surface area contributed by atoms with Crippen molar-refractivity contribution in [2.45, 2.75) is 32.4 Å². The highest BCUT2D eigenvalue weighted by Gasteiger charge is 2.33. The van der Waals surface area contributed by atoms with Gasteiger partial charge in [0, 0.05) is 35.1 Å². The van der Waals surface area contributed by atoms with Crippen molar-refractivity contribution >= 4 is 38.9 Å². The molecule has 1 aliphatic rings. The second kappa shape index (κ2) is 8.20. The minimum atomic E-state index is 0.0613. The van der Waals surface area contributed by atoms with Gasteiger partial charge in [0.1, 0.15) is 0 Å². The van der Waals surface area contributed by atoms with E-state index >= 15 is 0 Å². The molecule has 3 aromatic carbocycles. The number of thiophene rings is 1. The molecular weight excluding hydrogens is 424 g/mol. The van der Waals surface area contributed by atoms with Crippen molar-refractivity contribution in [2.24, 2.45) is 0 Å². The summed E-state index contributed by atoms with van der Waals surface area (Å²) in [6.45, 7) is 3.73. The number of aryl methyl sites for hydroxylation is 1. The first-order valence-corrected chi connectivity index (χ1v) is 12.5. The minimum Gasteiger partial charge on any atom is -0.347 e. The summed E-state index contributed by atoms with van der Waals surface area (Å²) in [5.74, 6) is 0.142. The first kappa shape index (κ1) is 20.3. The van der Waals surface area contributed by atoms with Gasteiger partial charge in [0.15, 0.2) is 0 Å². The number of para-hydroxylation sites is 1. The second-order valence-corrected chi connectivity index (χ2v) is 9.75. The Hall–Kier alpha value is -3.37. The molecule has 3 heterocycles. The number of hydrogen-bond donors (Lipinski definition) is 0. The molecule has 1 aliphatic heterocycles. The summed E-state index contributed by atoms with van der Waals surface area (Å²) in [5, 5.41) is 5.73. The third-order valence-corrected chi connectivity index (χ3v) is 8.01. The Morgan fingerprint density at radius 1 is 1.00 bits per heavy atom. The third kappa shape index (κ3) is 3.46. The number of carbonyl (C=O) groups excluding carboxylic acids is 1. The zero-order chi connectivity index (χ0) is 22.4. The maximum absolute atomic E-state index is 14.0. The first-order chi connectivity index (χ1) is 16.2. The van der Waals surface area contributed by atoms with Crippen molar-refractivity contribution in [3.63, 3.8) is 0 Å². The third-order valence-electron chi connectivity index (χ3n) is 6.95. The highest BCUT2D eigenvalue weighted by Crippen LogP contribution is 2.38. The van der Waals surface area contributed by atoms with Crippen LogP contribution in [0.2, 0.25) is 0 Å². The topological polar surface area (TPSA) is 25.2 Å². The Bertz CT molecular complexity index is 1480. The summed E-state index contributed by atoms with van der Waals surface area (Å²) in [6.07, 6.45) is 3.80. The van der Waals surface area contributed by atoms with Crippen molar-refractivity contribution in [1.82, 2.24) is 9.47 Å². The molecule has 4 heteroatoms. The van der Waals surface area contributed by atoms with Crippen molar-refractivity contribution in [3.05, 3.63) is 106 Å². The van der Waals surface area contributed by atoms with E-state index in [1.165, 1.54) is 26.8 Å². The Labute approximate surface area is 197 Å². The predicted molar refractivity (Wildman–Crippen MR) is 137 cm³/mol. The van der Waals surface area contributed by atoms with Gasteiger partial charge in [-0.15, -0.1) is 11.3 Å². The van der Waals surface area contributed by atoms with Crippen LogP contribution in [0, 0.1) is 0 Å². The van der Waals surface area contributed by atoms with E-state index in [1.54, 1.807) is 11.3 Å². The van der Waals surface area contributed by atoms with Gasteiger partial charge in [-0.2, -0.15) is 0 Å². The number of carbonyl (C=O) groups is 1. The molecule has 3 nitrogen and oxygen atoms in total. The maximum atomic E-state index is 14.0. The molecule has 1 unspecified atom stereocenters. The quantitative estimate of drug-likeness (QED) is 0.294. The van der Waals surface area contributed by atoms with Gasteiger partial charge in [-0.05, 0) is 59.2 Å². The van der Waals surface area contributed by atoms with Gasteiger partial charge in [0.25, 0.3) is 5.91 Å². The Kier molecular flexibility index (Phi) is 5.03. The molecule has 6 rings (SSSR count). The van der Waals surface area contributed by atoms with Crippen LogP contribution < -0.4 is 0 Å². The Balaban J connectivity index is 1.41. The number of benzene rings is 3. The zero-order valence-corrected chi connectivity index (χ0v) is 19.5. The van der Waals surface area contributed by atoms with E-state index in [4.69, 9.17) is 0 Å². The SMILES string of the molecule is CCn1cc(C(=O)N2CCc3ccsc3C2Cc2ccc3ccccc3c2)c2ccccc21. The summed E-state index contributed by atoms with van der Waals surface area (Å²) in [7, 11) is 0. The highest BCUT2D eigenvalue weighted by molar-refractivity contribution is 7.10. The molecule has 2 aromatic heterocycles. The second-order valence-electron chi connectivity index (χ2n) is 8.81. The van der Waals surface area contributed by atoms with E-state index in [0.717, 1.165) is 42.4 Å². The van der Waals surface area contributed by atoms with Crippen LogP contribution in [0.5, 0.6) is 0 Å². The summed E-state index contributed by atoms with van der Waals surface area (Å²) >= 11 is 1.79. The summed E-state index contributed by atoms with van der Waals surface area (Å²) in [6, 6.07) is 25.7. The number of fused-ring (bicyclic) bond motifs is 3. The molecule has 0 bridgehead atoms. The summed E-state index contributed by atoms with van der Waals surface area (Å²) in [4.78, 5) is 17.5. The van der Waals surface area contributed by atoms with Crippen LogP contribution in [0.15, 0.2) is 84.4 Å². The van der Waals surface area contributed by atoms with Crippen LogP contribution in [0.4, 0.5) is 0 Å². The summed E-state index contributed by atoms with van der Waals surface area (Å²) in [5.41, 5.74) is 4.61. The smallest absolute Gasteiger partial charge is 0.256 e.